The van der Waals surface area contributed by atoms with Crippen molar-refractivity contribution in [1.82, 2.24) is 0 Å². The standard InChI is InChI=1S/C15H14ClNO2S/c1-11-10-17(14-8-4-2-6-12(11)14)20(18,19)15-9-5-3-7-13(15)16/h2-9,11H,10H2,1H3. The lowest BCUT2D eigenvalue weighted by atomic mass is 10.0. The minimum Gasteiger partial charge on any atom is -0.265 e. The van der Waals surface area contributed by atoms with Gasteiger partial charge in [-0.2, -0.15) is 0 Å². The fraction of sp³-hybridized carbons (Fsp3) is 0.200. The number of rotatable bonds is 2. The molecule has 3 rings (SSSR count). The van der Waals surface area contributed by atoms with Gasteiger partial charge in [-0.25, -0.2) is 8.42 Å². The van der Waals surface area contributed by atoms with Crippen molar-refractivity contribution >= 4 is 27.3 Å². The lowest BCUT2D eigenvalue weighted by molar-refractivity contribution is 0.590. The highest BCUT2D eigenvalue weighted by molar-refractivity contribution is 7.93. The molecule has 0 bridgehead atoms. The van der Waals surface area contributed by atoms with Crippen LogP contribution in [0.5, 0.6) is 0 Å². The summed E-state index contributed by atoms with van der Waals surface area (Å²) in [6, 6.07) is 14.2. The van der Waals surface area contributed by atoms with Gasteiger partial charge in [0.1, 0.15) is 4.90 Å². The average Bonchev–Trinajstić information content (AvgIpc) is 2.78. The molecule has 3 nitrogen and oxygen atoms in total. The van der Waals surface area contributed by atoms with E-state index in [1.165, 1.54) is 4.31 Å². The van der Waals surface area contributed by atoms with Crippen LogP contribution in [0, 0.1) is 0 Å². The number of halogens is 1. The molecule has 1 aliphatic heterocycles. The van der Waals surface area contributed by atoms with Gasteiger partial charge in [0, 0.05) is 12.5 Å². The Labute approximate surface area is 123 Å². The van der Waals surface area contributed by atoms with Crippen molar-refractivity contribution in [2.75, 3.05) is 10.8 Å². The fourth-order valence-electron chi connectivity index (χ4n) is 2.58. The second-order valence-electron chi connectivity index (χ2n) is 4.93. The van der Waals surface area contributed by atoms with Crippen LogP contribution in [0.3, 0.4) is 0 Å². The summed E-state index contributed by atoms with van der Waals surface area (Å²) in [7, 11) is -3.61. The summed E-state index contributed by atoms with van der Waals surface area (Å²) in [6.45, 7) is 2.48. The average molecular weight is 308 g/mol. The summed E-state index contributed by atoms with van der Waals surface area (Å²) < 4.78 is 27.1. The number of para-hydroxylation sites is 1. The number of sulfonamides is 1. The van der Waals surface area contributed by atoms with Crippen molar-refractivity contribution in [2.24, 2.45) is 0 Å². The zero-order chi connectivity index (χ0) is 14.3. The number of anilines is 1. The molecule has 0 saturated carbocycles. The van der Waals surface area contributed by atoms with Gasteiger partial charge in [0.05, 0.1) is 10.7 Å². The molecule has 104 valence electrons. The highest BCUT2D eigenvalue weighted by Crippen LogP contribution is 2.39. The minimum absolute atomic E-state index is 0.158. The van der Waals surface area contributed by atoms with E-state index in [0.717, 1.165) is 11.3 Å². The molecule has 20 heavy (non-hydrogen) atoms. The second-order valence-corrected chi connectivity index (χ2v) is 7.16. The summed E-state index contributed by atoms with van der Waals surface area (Å²) >= 11 is 6.04. The van der Waals surface area contributed by atoms with Gasteiger partial charge in [-0.3, -0.25) is 4.31 Å². The van der Waals surface area contributed by atoms with Crippen LogP contribution in [-0.4, -0.2) is 15.0 Å². The van der Waals surface area contributed by atoms with Crippen LogP contribution in [0.15, 0.2) is 53.4 Å². The highest BCUT2D eigenvalue weighted by atomic mass is 35.5. The van der Waals surface area contributed by atoms with Crippen LogP contribution in [0.1, 0.15) is 18.4 Å². The summed E-state index contributed by atoms with van der Waals surface area (Å²) in [5.41, 5.74) is 1.81. The van der Waals surface area contributed by atoms with E-state index in [9.17, 15) is 8.42 Å². The summed E-state index contributed by atoms with van der Waals surface area (Å²) in [5.74, 6) is 0.184. The van der Waals surface area contributed by atoms with Gasteiger partial charge in [-0.15, -0.1) is 0 Å². The Kier molecular flexibility index (Phi) is 3.22. The first-order valence-corrected chi connectivity index (χ1v) is 8.20. The Bertz CT molecular complexity index is 758. The van der Waals surface area contributed by atoms with Gasteiger partial charge >= 0.3 is 0 Å². The summed E-state index contributed by atoms with van der Waals surface area (Å²) in [4.78, 5) is 0.158. The summed E-state index contributed by atoms with van der Waals surface area (Å²) in [6.07, 6.45) is 0. The highest BCUT2D eigenvalue weighted by Gasteiger charge is 2.35. The number of hydrogen-bond acceptors (Lipinski definition) is 2. The Morgan fingerprint density at radius 1 is 1.10 bits per heavy atom. The van der Waals surface area contributed by atoms with Gasteiger partial charge < -0.3 is 0 Å². The SMILES string of the molecule is CC1CN(S(=O)(=O)c2ccccc2Cl)c2ccccc21. The number of hydrogen-bond donors (Lipinski definition) is 0. The van der Waals surface area contributed by atoms with Crippen LogP contribution in [0.2, 0.25) is 5.02 Å². The maximum absolute atomic E-state index is 12.8. The number of nitrogens with zero attached hydrogens (tertiary/aromatic N) is 1. The van der Waals surface area contributed by atoms with Crippen molar-refractivity contribution in [2.45, 2.75) is 17.7 Å². The quantitative estimate of drug-likeness (QED) is 0.849. The first-order valence-electron chi connectivity index (χ1n) is 6.38. The van der Waals surface area contributed by atoms with Crippen LogP contribution >= 0.6 is 11.6 Å². The molecule has 0 amide bonds. The van der Waals surface area contributed by atoms with E-state index in [2.05, 4.69) is 0 Å². The van der Waals surface area contributed by atoms with Crippen molar-refractivity contribution in [3.05, 3.63) is 59.1 Å². The molecule has 0 fully saturated rings. The topological polar surface area (TPSA) is 37.4 Å². The minimum atomic E-state index is -3.61. The van der Waals surface area contributed by atoms with E-state index in [1.807, 2.05) is 31.2 Å². The van der Waals surface area contributed by atoms with E-state index >= 15 is 0 Å². The third kappa shape index (κ3) is 2.00. The van der Waals surface area contributed by atoms with E-state index in [0.29, 0.717) is 6.54 Å². The monoisotopic (exact) mass is 307 g/mol. The van der Waals surface area contributed by atoms with Crippen LogP contribution in [0.25, 0.3) is 0 Å². The maximum Gasteiger partial charge on any atom is 0.265 e. The molecule has 0 aromatic heterocycles. The molecule has 2 aromatic carbocycles. The molecule has 0 saturated heterocycles. The maximum atomic E-state index is 12.8. The van der Waals surface area contributed by atoms with Crippen molar-refractivity contribution in [3.63, 3.8) is 0 Å². The Morgan fingerprint density at radius 2 is 1.75 bits per heavy atom. The third-order valence-electron chi connectivity index (χ3n) is 3.58. The molecule has 0 N–H and O–H groups in total. The number of fused-ring (bicyclic) bond motifs is 1. The van der Waals surface area contributed by atoms with Crippen LogP contribution < -0.4 is 4.31 Å². The third-order valence-corrected chi connectivity index (χ3v) is 5.86. The van der Waals surface area contributed by atoms with E-state index in [4.69, 9.17) is 11.6 Å². The molecule has 0 spiro atoms. The van der Waals surface area contributed by atoms with E-state index in [-0.39, 0.29) is 15.8 Å². The molecule has 0 radical (unpaired) electrons. The van der Waals surface area contributed by atoms with Gasteiger partial charge in [-0.05, 0) is 23.8 Å². The van der Waals surface area contributed by atoms with E-state index in [1.54, 1.807) is 24.3 Å². The normalized spacial score (nSPS) is 18.1. The van der Waals surface area contributed by atoms with Crippen molar-refractivity contribution in [1.29, 1.82) is 0 Å². The molecular weight excluding hydrogens is 294 g/mol. The Morgan fingerprint density at radius 3 is 2.50 bits per heavy atom. The van der Waals surface area contributed by atoms with Gasteiger partial charge in [0.25, 0.3) is 10.0 Å². The second kappa shape index (κ2) is 4.79. The van der Waals surface area contributed by atoms with Crippen molar-refractivity contribution < 1.29 is 8.42 Å². The Hall–Kier alpha value is -1.52. The molecule has 2 aromatic rings. The van der Waals surface area contributed by atoms with Crippen LogP contribution in [-0.2, 0) is 10.0 Å². The zero-order valence-electron chi connectivity index (χ0n) is 11.0. The first-order chi connectivity index (χ1) is 9.51. The summed E-state index contributed by atoms with van der Waals surface area (Å²) in [5, 5.41) is 0.254. The van der Waals surface area contributed by atoms with Gasteiger partial charge in [-0.1, -0.05) is 48.9 Å². The van der Waals surface area contributed by atoms with Gasteiger partial charge in [0.15, 0.2) is 0 Å². The zero-order valence-corrected chi connectivity index (χ0v) is 12.5. The molecule has 1 aliphatic rings. The van der Waals surface area contributed by atoms with E-state index < -0.39 is 10.0 Å². The Balaban J connectivity index is 2.13. The largest absolute Gasteiger partial charge is 0.265 e. The molecule has 0 aliphatic carbocycles. The predicted octanol–water partition coefficient (Wildman–Crippen LogP) is 3.65. The van der Waals surface area contributed by atoms with Gasteiger partial charge in [0.2, 0.25) is 0 Å². The predicted molar refractivity (Wildman–Crippen MR) is 80.8 cm³/mol. The molecule has 5 heteroatoms. The molecule has 1 atom stereocenters. The fourth-order valence-corrected chi connectivity index (χ4v) is 4.65. The number of benzene rings is 2. The lowest BCUT2D eigenvalue weighted by Gasteiger charge is -2.20. The van der Waals surface area contributed by atoms with Crippen molar-refractivity contribution in [3.8, 4) is 0 Å². The first kappa shape index (κ1) is 13.5. The molecule has 1 heterocycles. The molecular formula is C15H14ClNO2S. The molecule has 1 unspecified atom stereocenters. The lowest BCUT2D eigenvalue weighted by Crippen LogP contribution is -2.29. The smallest absolute Gasteiger partial charge is 0.265 e. The van der Waals surface area contributed by atoms with Crippen LogP contribution in [0.4, 0.5) is 5.69 Å².